The van der Waals surface area contributed by atoms with Crippen LogP contribution in [0.3, 0.4) is 0 Å². The van der Waals surface area contributed by atoms with E-state index in [0.29, 0.717) is 11.5 Å². The summed E-state index contributed by atoms with van der Waals surface area (Å²) in [5.41, 5.74) is 4.88. The number of nitrogens with one attached hydrogen (secondary N) is 1. The molecule has 0 aliphatic carbocycles. The van der Waals surface area contributed by atoms with E-state index in [-0.39, 0.29) is 16.8 Å². The highest BCUT2D eigenvalue weighted by Gasteiger charge is 2.33. The van der Waals surface area contributed by atoms with Gasteiger partial charge in [-0.15, -0.1) is 0 Å². The Bertz CT molecular complexity index is 486. The molecule has 1 heterocycles. The highest BCUT2D eigenvalue weighted by molar-refractivity contribution is 7.80. The van der Waals surface area contributed by atoms with Gasteiger partial charge >= 0.3 is 6.18 Å². The van der Waals surface area contributed by atoms with E-state index in [1.54, 1.807) is 0 Å². The first-order valence-corrected chi connectivity index (χ1v) is 6.66. The smallest absolute Gasteiger partial charge is 0.389 e. The summed E-state index contributed by atoms with van der Waals surface area (Å²) >= 11 is 4.84. The number of hydrogen-bond acceptors (Lipinski definition) is 3. The fourth-order valence-corrected chi connectivity index (χ4v) is 2.09. The summed E-state index contributed by atoms with van der Waals surface area (Å²) in [5.74, 6) is 0.497. The minimum absolute atomic E-state index is 0.0190. The zero-order valence-corrected chi connectivity index (χ0v) is 12.4. The predicted molar refractivity (Wildman–Crippen MR) is 77.7 cm³/mol. The van der Waals surface area contributed by atoms with Crippen LogP contribution in [0, 0.1) is 5.92 Å². The maximum absolute atomic E-state index is 12.7. The second-order valence-corrected chi connectivity index (χ2v) is 5.57. The average molecular weight is 305 g/mol. The van der Waals surface area contributed by atoms with Gasteiger partial charge in [-0.1, -0.05) is 26.1 Å². The molecule has 3 nitrogen and oxygen atoms in total. The molecule has 0 fully saturated rings. The van der Waals surface area contributed by atoms with E-state index in [0.717, 1.165) is 12.5 Å². The molecular weight excluding hydrogens is 287 g/mol. The summed E-state index contributed by atoms with van der Waals surface area (Å²) in [6.07, 6.45) is -3.69. The molecule has 112 valence electrons. The van der Waals surface area contributed by atoms with Crippen molar-refractivity contribution >= 4 is 23.0 Å². The molecule has 0 aliphatic heterocycles. The molecule has 20 heavy (non-hydrogen) atoms. The highest BCUT2D eigenvalue weighted by Crippen LogP contribution is 2.29. The molecule has 1 rings (SSSR count). The van der Waals surface area contributed by atoms with Gasteiger partial charge in [0.05, 0.1) is 5.56 Å². The van der Waals surface area contributed by atoms with Crippen LogP contribution < -0.4 is 11.1 Å². The zero-order valence-electron chi connectivity index (χ0n) is 11.6. The van der Waals surface area contributed by atoms with Gasteiger partial charge in [-0.3, -0.25) is 0 Å². The Hall–Kier alpha value is -1.37. The molecule has 0 aromatic carbocycles. The predicted octanol–water partition coefficient (Wildman–Crippen LogP) is 3.58. The molecule has 0 radical (unpaired) electrons. The van der Waals surface area contributed by atoms with Crippen LogP contribution in [0.25, 0.3) is 0 Å². The molecule has 0 saturated heterocycles. The quantitative estimate of drug-likeness (QED) is 0.816. The van der Waals surface area contributed by atoms with Crippen molar-refractivity contribution in [2.24, 2.45) is 11.7 Å². The maximum Gasteiger partial charge on any atom is 0.433 e. The maximum atomic E-state index is 12.7. The summed E-state index contributed by atoms with van der Waals surface area (Å²) in [5, 5.41) is 2.96. The summed E-state index contributed by atoms with van der Waals surface area (Å²) < 4.78 is 38.1. The molecule has 0 bridgehead atoms. The zero-order chi connectivity index (χ0) is 15.5. The van der Waals surface area contributed by atoms with Crippen molar-refractivity contribution in [1.82, 2.24) is 4.98 Å². The molecular formula is C13H18F3N3S. The van der Waals surface area contributed by atoms with Crippen LogP contribution in [0.1, 0.15) is 38.4 Å². The monoisotopic (exact) mass is 305 g/mol. The Kier molecular flexibility index (Phi) is 5.33. The van der Waals surface area contributed by atoms with Crippen LogP contribution in [-0.2, 0) is 6.18 Å². The van der Waals surface area contributed by atoms with E-state index in [4.69, 9.17) is 18.0 Å². The summed E-state index contributed by atoms with van der Waals surface area (Å²) in [6.45, 7) is 5.95. The lowest BCUT2D eigenvalue weighted by atomic mass is 10.1. The molecule has 1 atom stereocenters. The highest BCUT2D eigenvalue weighted by atomic mass is 32.1. The minimum atomic E-state index is -4.49. The molecule has 1 unspecified atom stereocenters. The molecule has 0 saturated carbocycles. The largest absolute Gasteiger partial charge is 0.433 e. The third-order valence-corrected chi connectivity index (χ3v) is 2.88. The third-order valence-electron chi connectivity index (χ3n) is 2.66. The van der Waals surface area contributed by atoms with Gasteiger partial charge in [-0.25, -0.2) is 4.98 Å². The van der Waals surface area contributed by atoms with Gasteiger partial charge in [0.15, 0.2) is 0 Å². The van der Waals surface area contributed by atoms with Crippen LogP contribution in [0.15, 0.2) is 12.1 Å². The van der Waals surface area contributed by atoms with Crippen molar-refractivity contribution in [3.8, 4) is 0 Å². The second kappa shape index (κ2) is 6.39. The lowest BCUT2D eigenvalue weighted by Crippen LogP contribution is -2.23. The number of nitrogens with zero attached hydrogens (tertiary/aromatic N) is 1. The van der Waals surface area contributed by atoms with Crippen LogP contribution in [-0.4, -0.2) is 16.0 Å². The van der Waals surface area contributed by atoms with Crippen molar-refractivity contribution in [2.45, 2.75) is 39.4 Å². The molecule has 1 aromatic heterocycles. The first kappa shape index (κ1) is 16.7. The lowest BCUT2D eigenvalue weighted by Gasteiger charge is -2.19. The van der Waals surface area contributed by atoms with E-state index in [1.807, 2.05) is 20.8 Å². The number of halogens is 3. The molecule has 0 spiro atoms. The summed E-state index contributed by atoms with van der Waals surface area (Å²) in [4.78, 5) is 3.63. The third kappa shape index (κ3) is 4.63. The second-order valence-electron chi connectivity index (χ2n) is 5.13. The number of rotatable bonds is 5. The molecule has 7 heteroatoms. The van der Waals surface area contributed by atoms with E-state index < -0.39 is 11.9 Å². The van der Waals surface area contributed by atoms with E-state index >= 15 is 0 Å². The van der Waals surface area contributed by atoms with Crippen LogP contribution in [0.2, 0.25) is 0 Å². The van der Waals surface area contributed by atoms with Crippen LogP contribution >= 0.6 is 12.2 Å². The fourth-order valence-electron chi connectivity index (χ4n) is 1.93. The van der Waals surface area contributed by atoms with Crippen molar-refractivity contribution < 1.29 is 13.2 Å². The van der Waals surface area contributed by atoms with Gasteiger partial charge < -0.3 is 11.1 Å². The SMILES string of the molecule is CC(C)CC(C)Nc1nc(C(F)(F)F)ccc1C(N)=S. The number of alkyl halides is 3. The van der Waals surface area contributed by atoms with Gasteiger partial charge in [-0.2, -0.15) is 13.2 Å². The number of hydrogen-bond donors (Lipinski definition) is 2. The lowest BCUT2D eigenvalue weighted by molar-refractivity contribution is -0.141. The van der Waals surface area contributed by atoms with Crippen LogP contribution in [0.4, 0.5) is 19.0 Å². The number of anilines is 1. The Morgan fingerprint density at radius 3 is 2.40 bits per heavy atom. The Morgan fingerprint density at radius 2 is 1.95 bits per heavy atom. The minimum Gasteiger partial charge on any atom is -0.389 e. The van der Waals surface area contributed by atoms with Gasteiger partial charge in [0.25, 0.3) is 0 Å². The summed E-state index contributed by atoms with van der Waals surface area (Å²) in [7, 11) is 0. The van der Waals surface area contributed by atoms with Crippen molar-refractivity contribution in [1.29, 1.82) is 0 Å². The van der Waals surface area contributed by atoms with E-state index in [1.165, 1.54) is 6.07 Å². The van der Waals surface area contributed by atoms with Crippen LogP contribution in [0.5, 0.6) is 0 Å². The molecule has 0 amide bonds. The molecule has 0 aliphatic rings. The number of aromatic nitrogens is 1. The standard InChI is InChI=1S/C13H18F3N3S/c1-7(2)6-8(3)18-12-9(11(17)20)4-5-10(19-12)13(14,15)16/h4-5,7-8H,6H2,1-3H3,(H2,17,20)(H,18,19). The van der Waals surface area contributed by atoms with E-state index in [2.05, 4.69) is 10.3 Å². The van der Waals surface area contributed by atoms with E-state index in [9.17, 15) is 13.2 Å². The van der Waals surface area contributed by atoms with Gasteiger partial charge in [0.1, 0.15) is 16.5 Å². The first-order chi connectivity index (χ1) is 9.11. The van der Waals surface area contributed by atoms with Crippen molar-refractivity contribution in [3.05, 3.63) is 23.4 Å². The Morgan fingerprint density at radius 1 is 1.35 bits per heavy atom. The van der Waals surface area contributed by atoms with Crippen molar-refractivity contribution in [3.63, 3.8) is 0 Å². The molecule has 3 N–H and O–H groups in total. The number of nitrogens with two attached hydrogens (primary N) is 1. The summed E-state index contributed by atoms with van der Waals surface area (Å²) in [6, 6.07) is 2.11. The van der Waals surface area contributed by atoms with Gasteiger partial charge in [-0.05, 0) is 31.4 Å². The molecule has 1 aromatic rings. The number of thiocarbonyl (C=S) groups is 1. The van der Waals surface area contributed by atoms with Gasteiger partial charge in [0, 0.05) is 6.04 Å². The Labute approximate surface area is 121 Å². The average Bonchev–Trinajstić information content (AvgIpc) is 2.25. The van der Waals surface area contributed by atoms with Gasteiger partial charge in [0.2, 0.25) is 0 Å². The normalized spacial score (nSPS) is 13.3. The Balaban J connectivity index is 3.09. The first-order valence-electron chi connectivity index (χ1n) is 6.25. The van der Waals surface area contributed by atoms with Crippen molar-refractivity contribution in [2.75, 3.05) is 5.32 Å². The number of pyridine rings is 1. The topological polar surface area (TPSA) is 50.9 Å². The fraction of sp³-hybridized carbons (Fsp3) is 0.538.